The van der Waals surface area contributed by atoms with E-state index in [0.717, 1.165) is 5.92 Å². The Bertz CT molecular complexity index is 714. The van der Waals surface area contributed by atoms with Gasteiger partial charge in [-0.15, -0.1) is 0 Å². The van der Waals surface area contributed by atoms with E-state index < -0.39 is 29.3 Å². The van der Waals surface area contributed by atoms with Gasteiger partial charge in [-0.25, -0.2) is 13.2 Å². The number of allylic oxidation sites excluding steroid dienone is 1. The molecule has 168 valence electrons. The van der Waals surface area contributed by atoms with Crippen molar-refractivity contribution in [2.45, 2.75) is 83.7 Å². The molecule has 0 spiro atoms. The summed E-state index contributed by atoms with van der Waals surface area (Å²) in [5.41, 5.74) is -0.169. The van der Waals surface area contributed by atoms with Crippen molar-refractivity contribution in [1.82, 2.24) is 0 Å². The minimum Gasteiger partial charge on any atom is -0.429 e. The van der Waals surface area contributed by atoms with Gasteiger partial charge in [0.2, 0.25) is 0 Å². The van der Waals surface area contributed by atoms with Gasteiger partial charge in [0.25, 0.3) is 0 Å². The van der Waals surface area contributed by atoms with Crippen LogP contribution in [-0.4, -0.2) is 6.11 Å². The summed E-state index contributed by atoms with van der Waals surface area (Å²) >= 11 is 0. The maximum Gasteiger partial charge on any atom is 0.422 e. The standard InChI is InChI=1S/C24H31F5O/c1-2-3-4-5-16-6-8-17(9-7-16)18-10-12-19(13-11-18)24(28,29)30-20-14-21(25)23(27)22(26)15-20/h12,14-18H,2-11,13H2,1H3. The van der Waals surface area contributed by atoms with Crippen LogP contribution >= 0.6 is 0 Å². The molecule has 0 aliphatic heterocycles. The van der Waals surface area contributed by atoms with Crippen LogP contribution in [0.3, 0.4) is 0 Å². The maximum absolute atomic E-state index is 14.5. The second kappa shape index (κ2) is 10.1. The quantitative estimate of drug-likeness (QED) is 0.175. The second-order valence-corrected chi connectivity index (χ2v) is 8.86. The smallest absolute Gasteiger partial charge is 0.422 e. The molecule has 30 heavy (non-hydrogen) atoms. The molecule has 0 aromatic heterocycles. The van der Waals surface area contributed by atoms with Crippen LogP contribution in [0, 0.1) is 35.2 Å². The summed E-state index contributed by atoms with van der Waals surface area (Å²) in [6, 6.07) is 0.884. The Morgan fingerprint density at radius 3 is 2.17 bits per heavy atom. The third kappa shape index (κ3) is 5.76. The van der Waals surface area contributed by atoms with Gasteiger partial charge in [-0.2, -0.15) is 8.78 Å². The molecule has 0 bridgehead atoms. The molecule has 0 heterocycles. The van der Waals surface area contributed by atoms with Gasteiger partial charge in [-0.3, -0.25) is 0 Å². The predicted octanol–water partition coefficient (Wildman–Crippen LogP) is 8.19. The van der Waals surface area contributed by atoms with Gasteiger partial charge in [0.1, 0.15) is 5.75 Å². The zero-order valence-corrected chi connectivity index (χ0v) is 17.5. The van der Waals surface area contributed by atoms with Gasteiger partial charge >= 0.3 is 6.11 Å². The lowest BCUT2D eigenvalue weighted by Gasteiger charge is -2.36. The Hall–Kier alpha value is -1.59. The number of ether oxygens (including phenoxy) is 1. The van der Waals surface area contributed by atoms with Gasteiger partial charge < -0.3 is 4.74 Å². The molecular weight excluding hydrogens is 399 g/mol. The van der Waals surface area contributed by atoms with E-state index in [1.54, 1.807) is 0 Å². The average molecular weight is 431 g/mol. The number of benzene rings is 1. The first kappa shape index (κ1) is 23.1. The van der Waals surface area contributed by atoms with Crippen molar-refractivity contribution in [3.05, 3.63) is 41.2 Å². The Balaban J connectivity index is 1.52. The third-order valence-electron chi connectivity index (χ3n) is 6.80. The molecule has 2 aliphatic carbocycles. The number of rotatable bonds is 8. The highest BCUT2D eigenvalue weighted by Gasteiger charge is 2.40. The molecule has 1 aromatic rings. The van der Waals surface area contributed by atoms with Crippen molar-refractivity contribution in [2.24, 2.45) is 17.8 Å². The van der Waals surface area contributed by atoms with Crippen LogP contribution in [0.1, 0.15) is 77.6 Å². The summed E-state index contributed by atoms with van der Waals surface area (Å²) in [6.45, 7) is 2.21. The predicted molar refractivity (Wildman–Crippen MR) is 107 cm³/mol. The first-order valence-corrected chi connectivity index (χ1v) is 11.2. The summed E-state index contributed by atoms with van der Waals surface area (Å²) in [5.74, 6) is -3.72. The van der Waals surface area contributed by atoms with E-state index in [9.17, 15) is 22.0 Å². The van der Waals surface area contributed by atoms with Crippen LogP contribution in [0.25, 0.3) is 0 Å². The molecule has 1 nitrogen and oxygen atoms in total. The average Bonchev–Trinajstić information content (AvgIpc) is 2.72. The van der Waals surface area contributed by atoms with Crippen molar-refractivity contribution >= 4 is 0 Å². The molecule has 0 N–H and O–H groups in total. The number of alkyl halides is 2. The topological polar surface area (TPSA) is 9.23 Å². The van der Waals surface area contributed by atoms with E-state index in [4.69, 9.17) is 0 Å². The molecule has 0 saturated heterocycles. The number of hydrogen-bond acceptors (Lipinski definition) is 1. The van der Waals surface area contributed by atoms with E-state index in [1.165, 1.54) is 57.4 Å². The van der Waals surface area contributed by atoms with Crippen LogP contribution < -0.4 is 4.74 Å². The van der Waals surface area contributed by atoms with Gasteiger partial charge in [-0.05, 0) is 49.9 Å². The first-order valence-electron chi connectivity index (χ1n) is 11.2. The zero-order chi connectivity index (χ0) is 21.7. The Morgan fingerprint density at radius 1 is 0.933 bits per heavy atom. The van der Waals surface area contributed by atoms with Gasteiger partial charge in [-0.1, -0.05) is 51.5 Å². The van der Waals surface area contributed by atoms with Crippen LogP contribution in [0.4, 0.5) is 22.0 Å². The van der Waals surface area contributed by atoms with Crippen LogP contribution in [0.15, 0.2) is 23.8 Å². The molecule has 6 heteroatoms. The largest absolute Gasteiger partial charge is 0.429 e. The fourth-order valence-electron chi connectivity index (χ4n) is 4.98. The van der Waals surface area contributed by atoms with Crippen molar-refractivity contribution in [3.63, 3.8) is 0 Å². The molecule has 1 unspecified atom stereocenters. The Labute approximate surface area is 175 Å². The van der Waals surface area contributed by atoms with E-state index >= 15 is 0 Å². The van der Waals surface area contributed by atoms with Crippen LogP contribution in [0.2, 0.25) is 0 Å². The summed E-state index contributed by atoms with van der Waals surface area (Å²) < 4.78 is 73.1. The first-order chi connectivity index (χ1) is 14.3. The molecule has 0 amide bonds. The van der Waals surface area contributed by atoms with E-state index in [1.807, 2.05) is 0 Å². The highest BCUT2D eigenvalue weighted by Crippen LogP contribution is 2.43. The molecule has 1 fully saturated rings. The lowest BCUT2D eigenvalue weighted by Crippen LogP contribution is -2.31. The summed E-state index contributed by atoms with van der Waals surface area (Å²) in [7, 11) is 0. The fourth-order valence-corrected chi connectivity index (χ4v) is 4.98. The molecule has 3 rings (SSSR count). The molecular formula is C24H31F5O. The highest BCUT2D eigenvalue weighted by atomic mass is 19.3. The van der Waals surface area contributed by atoms with E-state index in [0.29, 0.717) is 36.8 Å². The lowest BCUT2D eigenvalue weighted by atomic mass is 9.70. The van der Waals surface area contributed by atoms with E-state index in [-0.39, 0.29) is 12.0 Å². The molecule has 2 aliphatic rings. The number of unbranched alkanes of at least 4 members (excludes halogenated alkanes) is 2. The van der Waals surface area contributed by atoms with Gasteiger partial charge in [0.15, 0.2) is 17.5 Å². The van der Waals surface area contributed by atoms with Crippen molar-refractivity contribution in [3.8, 4) is 5.75 Å². The second-order valence-electron chi connectivity index (χ2n) is 8.86. The zero-order valence-electron chi connectivity index (χ0n) is 17.5. The fraction of sp³-hybridized carbons (Fsp3) is 0.667. The van der Waals surface area contributed by atoms with Gasteiger partial charge in [0, 0.05) is 17.7 Å². The minimum absolute atomic E-state index is 0.169. The normalized spacial score (nSPS) is 25.1. The van der Waals surface area contributed by atoms with Crippen molar-refractivity contribution in [1.29, 1.82) is 0 Å². The number of halogens is 5. The molecule has 1 atom stereocenters. The SMILES string of the molecule is CCCCCC1CCC(C2CC=C(C(F)(F)Oc3cc(F)c(F)c(F)c3)CC2)CC1. The summed E-state index contributed by atoms with van der Waals surface area (Å²) in [4.78, 5) is 0. The van der Waals surface area contributed by atoms with Crippen LogP contribution in [0.5, 0.6) is 5.75 Å². The Morgan fingerprint density at radius 2 is 1.60 bits per heavy atom. The highest BCUT2D eigenvalue weighted by molar-refractivity contribution is 5.27. The minimum atomic E-state index is -3.67. The Kier molecular flexibility index (Phi) is 7.81. The van der Waals surface area contributed by atoms with Gasteiger partial charge in [0.05, 0.1) is 0 Å². The third-order valence-corrected chi connectivity index (χ3v) is 6.80. The molecule has 0 radical (unpaired) electrons. The summed E-state index contributed by atoms with van der Waals surface area (Å²) in [5, 5.41) is 0. The van der Waals surface area contributed by atoms with E-state index in [2.05, 4.69) is 11.7 Å². The lowest BCUT2D eigenvalue weighted by molar-refractivity contribution is -0.145. The summed E-state index contributed by atoms with van der Waals surface area (Å²) in [6.07, 6.45) is 9.27. The number of hydrogen-bond donors (Lipinski definition) is 0. The van der Waals surface area contributed by atoms with Crippen molar-refractivity contribution in [2.75, 3.05) is 0 Å². The van der Waals surface area contributed by atoms with Crippen molar-refractivity contribution < 1.29 is 26.7 Å². The molecule has 1 saturated carbocycles. The monoisotopic (exact) mass is 430 g/mol. The maximum atomic E-state index is 14.5. The van der Waals surface area contributed by atoms with Crippen LogP contribution in [-0.2, 0) is 0 Å². The molecule has 1 aromatic carbocycles.